The molecule has 0 aliphatic heterocycles. The number of nitriles is 1. The van der Waals surface area contributed by atoms with Crippen LogP contribution in [0, 0.1) is 42.9 Å². The Hall–Kier alpha value is -4.30. The van der Waals surface area contributed by atoms with Gasteiger partial charge in [-0.2, -0.15) is 5.26 Å². The van der Waals surface area contributed by atoms with Crippen LogP contribution < -0.4 is 9.47 Å². The van der Waals surface area contributed by atoms with Gasteiger partial charge >= 0.3 is 5.69 Å². The van der Waals surface area contributed by atoms with Crippen molar-refractivity contribution in [3.05, 3.63) is 78.2 Å². The Balaban J connectivity index is 1.62. The zero-order valence-corrected chi connectivity index (χ0v) is 22.9. The molecule has 3 aromatic rings. The van der Waals surface area contributed by atoms with Gasteiger partial charge in [0.1, 0.15) is 11.1 Å². The highest BCUT2D eigenvalue weighted by Gasteiger charge is 2.32. The van der Waals surface area contributed by atoms with Crippen molar-refractivity contribution in [1.29, 1.82) is 5.26 Å². The molecule has 0 saturated carbocycles. The van der Waals surface area contributed by atoms with Crippen molar-refractivity contribution in [2.45, 2.75) is 47.0 Å². The molecular weight excluding hydrogens is 520 g/mol. The molecule has 0 saturated heterocycles. The number of hydrogen-bond acceptors (Lipinski definition) is 9. The van der Waals surface area contributed by atoms with Gasteiger partial charge in [0, 0.05) is 17.2 Å². The summed E-state index contributed by atoms with van der Waals surface area (Å²) in [6.07, 6.45) is 4.53. The number of fused-ring (bicyclic) bond motifs is 1. The summed E-state index contributed by atoms with van der Waals surface area (Å²) in [6, 6.07) is 10.5. The average Bonchev–Trinajstić information content (AvgIpc) is 3.25. The molecule has 39 heavy (non-hydrogen) atoms. The standard InChI is InChI=1S/C28H28N4O6S/c1-5-37-25-12-17(6-10-24(25)38-23-11-8-19(31(33)34)14-22(23)32(35)36)16-30-27-21(15-29)20-9-7-18(28(2,3)4)13-26(20)39-27/h6,8,10-12,14,16,18H,5,7,9,13H2,1-4H3/t18-/m0/s1. The minimum absolute atomic E-state index is 0.149. The number of ether oxygens (including phenoxy) is 2. The van der Waals surface area contributed by atoms with Crippen molar-refractivity contribution in [2.24, 2.45) is 16.3 Å². The van der Waals surface area contributed by atoms with Gasteiger partial charge in [0.05, 0.1) is 28.1 Å². The summed E-state index contributed by atoms with van der Waals surface area (Å²) in [5, 5.41) is 33.1. The number of nitro groups is 2. The molecule has 1 atom stereocenters. The Morgan fingerprint density at radius 1 is 1.13 bits per heavy atom. The minimum Gasteiger partial charge on any atom is -0.490 e. The van der Waals surface area contributed by atoms with Crippen molar-refractivity contribution in [2.75, 3.05) is 6.61 Å². The first kappa shape index (κ1) is 27.7. The largest absolute Gasteiger partial charge is 0.490 e. The third-order valence-electron chi connectivity index (χ3n) is 6.75. The van der Waals surface area contributed by atoms with Crippen LogP contribution in [0.3, 0.4) is 0 Å². The molecule has 4 rings (SSSR count). The van der Waals surface area contributed by atoms with Crippen molar-refractivity contribution >= 4 is 33.9 Å². The van der Waals surface area contributed by atoms with E-state index in [-0.39, 0.29) is 16.9 Å². The highest BCUT2D eigenvalue weighted by molar-refractivity contribution is 7.16. The van der Waals surface area contributed by atoms with E-state index in [0.717, 1.165) is 37.0 Å². The van der Waals surface area contributed by atoms with Crippen LogP contribution >= 0.6 is 11.3 Å². The molecule has 0 spiro atoms. The number of hydrogen-bond donors (Lipinski definition) is 0. The first-order chi connectivity index (χ1) is 18.5. The normalized spacial score (nSPS) is 15.0. The highest BCUT2D eigenvalue weighted by Crippen LogP contribution is 2.45. The molecule has 1 aromatic heterocycles. The van der Waals surface area contributed by atoms with Gasteiger partial charge in [0.2, 0.25) is 5.75 Å². The van der Waals surface area contributed by atoms with E-state index in [1.54, 1.807) is 42.7 Å². The smallest absolute Gasteiger partial charge is 0.318 e. The molecule has 1 aliphatic carbocycles. The second-order valence-electron chi connectivity index (χ2n) is 10.3. The van der Waals surface area contributed by atoms with Gasteiger partial charge in [-0.3, -0.25) is 20.2 Å². The summed E-state index contributed by atoms with van der Waals surface area (Å²) in [7, 11) is 0. The molecule has 202 valence electrons. The number of nitrogens with zero attached hydrogens (tertiary/aromatic N) is 4. The Morgan fingerprint density at radius 3 is 2.51 bits per heavy atom. The molecule has 0 radical (unpaired) electrons. The number of rotatable bonds is 8. The van der Waals surface area contributed by atoms with Crippen molar-refractivity contribution in [3.63, 3.8) is 0 Å². The van der Waals surface area contributed by atoms with E-state index >= 15 is 0 Å². The topological polar surface area (TPSA) is 141 Å². The third kappa shape index (κ3) is 6.07. The Bertz CT molecular complexity index is 1500. The number of benzene rings is 2. The van der Waals surface area contributed by atoms with Crippen LogP contribution in [-0.4, -0.2) is 22.7 Å². The zero-order chi connectivity index (χ0) is 28.3. The fourth-order valence-electron chi connectivity index (χ4n) is 4.57. The fourth-order valence-corrected chi connectivity index (χ4v) is 5.80. The van der Waals surface area contributed by atoms with Gasteiger partial charge in [-0.15, -0.1) is 11.3 Å². The van der Waals surface area contributed by atoms with Crippen LogP contribution in [0.25, 0.3) is 0 Å². The summed E-state index contributed by atoms with van der Waals surface area (Å²) in [6.45, 7) is 8.86. The first-order valence-electron chi connectivity index (χ1n) is 12.5. The molecule has 10 nitrogen and oxygen atoms in total. The molecule has 0 bridgehead atoms. The molecule has 1 heterocycles. The van der Waals surface area contributed by atoms with Crippen molar-refractivity contribution in [1.82, 2.24) is 0 Å². The number of aliphatic imine (C=N–C) groups is 1. The van der Waals surface area contributed by atoms with E-state index in [0.29, 0.717) is 34.4 Å². The third-order valence-corrected chi connectivity index (χ3v) is 7.91. The molecule has 0 N–H and O–H groups in total. The fraction of sp³-hybridized carbons (Fsp3) is 0.357. The van der Waals surface area contributed by atoms with Crippen molar-refractivity contribution in [3.8, 4) is 23.3 Å². The second kappa shape index (κ2) is 11.2. The zero-order valence-electron chi connectivity index (χ0n) is 22.1. The number of nitro benzene ring substituents is 2. The number of non-ortho nitro benzene ring substituents is 1. The predicted molar refractivity (Wildman–Crippen MR) is 149 cm³/mol. The molecule has 0 unspecified atom stereocenters. The summed E-state index contributed by atoms with van der Waals surface area (Å²) in [5.41, 5.74) is 1.69. The SMILES string of the molecule is CCOc1cc(C=Nc2sc3c(c2C#N)CC[C@H](C(C)(C)C)C3)ccc1Oc1ccc([N+](=O)[O-])cc1[N+](=O)[O-]. The van der Waals surface area contributed by atoms with E-state index in [1.807, 2.05) is 0 Å². The lowest BCUT2D eigenvalue weighted by Gasteiger charge is -2.33. The van der Waals surface area contributed by atoms with Gasteiger partial charge < -0.3 is 9.47 Å². The lowest BCUT2D eigenvalue weighted by molar-refractivity contribution is -0.394. The molecule has 11 heteroatoms. The summed E-state index contributed by atoms with van der Waals surface area (Å²) in [5.74, 6) is 0.945. The number of thiophene rings is 1. The Kier molecular flexibility index (Phi) is 7.97. The van der Waals surface area contributed by atoms with Gasteiger partial charge in [-0.25, -0.2) is 4.99 Å². The summed E-state index contributed by atoms with van der Waals surface area (Å²) in [4.78, 5) is 27.0. The monoisotopic (exact) mass is 548 g/mol. The average molecular weight is 549 g/mol. The van der Waals surface area contributed by atoms with E-state index in [4.69, 9.17) is 9.47 Å². The van der Waals surface area contributed by atoms with Gasteiger partial charge in [-0.05, 0) is 72.9 Å². The first-order valence-corrected chi connectivity index (χ1v) is 13.3. The van der Waals surface area contributed by atoms with E-state index < -0.39 is 21.2 Å². The van der Waals surface area contributed by atoms with Crippen LogP contribution in [0.5, 0.6) is 17.2 Å². The van der Waals surface area contributed by atoms with Crippen LogP contribution in [-0.2, 0) is 12.8 Å². The maximum absolute atomic E-state index is 11.5. The van der Waals surface area contributed by atoms with Crippen LogP contribution in [0.15, 0.2) is 41.4 Å². The second-order valence-corrected chi connectivity index (χ2v) is 11.4. The lowest BCUT2D eigenvalue weighted by atomic mass is 9.72. The molecule has 1 aliphatic rings. The highest BCUT2D eigenvalue weighted by atomic mass is 32.1. The lowest BCUT2D eigenvalue weighted by Crippen LogP contribution is -2.26. The quantitative estimate of drug-likeness (QED) is 0.161. The molecule has 0 amide bonds. The van der Waals surface area contributed by atoms with E-state index in [9.17, 15) is 25.5 Å². The summed E-state index contributed by atoms with van der Waals surface area (Å²) >= 11 is 1.56. The van der Waals surface area contributed by atoms with Gasteiger partial charge in [0.15, 0.2) is 11.5 Å². The van der Waals surface area contributed by atoms with Crippen LogP contribution in [0.1, 0.15) is 55.7 Å². The van der Waals surface area contributed by atoms with Gasteiger partial charge in [-0.1, -0.05) is 20.8 Å². The maximum Gasteiger partial charge on any atom is 0.318 e. The Morgan fingerprint density at radius 2 is 1.87 bits per heavy atom. The molecular formula is C28H28N4O6S. The van der Waals surface area contributed by atoms with Gasteiger partial charge in [0.25, 0.3) is 5.69 Å². The maximum atomic E-state index is 11.5. The van der Waals surface area contributed by atoms with Crippen molar-refractivity contribution < 1.29 is 19.3 Å². The van der Waals surface area contributed by atoms with E-state index in [1.165, 1.54) is 10.9 Å². The Labute approximate surface area is 229 Å². The molecule has 0 fully saturated rings. The molecule has 2 aromatic carbocycles. The minimum atomic E-state index is -0.735. The van der Waals surface area contributed by atoms with Crippen LogP contribution in [0.4, 0.5) is 16.4 Å². The van der Waals surface area contributed by atoms with E-state index in [2.05, 4.69) is 31.8 Å². The summed E-state index contributed by atoms with van der Waals surface area (Å²) < 4.78 is 11.5. The van der Waals surface area contributed by atoms with Crippen LogP contribution in [0.2, 0.25) is 0 Å². The predicted octanol–water partition coefficient (Wildman–Crippen LogP) is 7.53.